The van der Waals surface area contributed by atoms with Crippen LogP contribution in [0.25, 0.3) is 17.4 Å². The number of nitrogens with zero attached hydrogens (tertiary/aromatic N) is 2. The van der Waals surface area contributed by atoms with Gasteiger partial charge in [0.05, 0.1) is 40.5 Å². The van der Waals surface area contributed by atoms with Gasteiger partial charge in [0.25, 0.3) is 0 Å². The Hall–Kier alpha value is -3.68. The molecule has 7 heteroatoms. The predicted molar refractivity (Wildman–Crippen MR) is 123 cm³/mol. The second-order valence-corrected chi connectivity index (χ2v) is 7.61. The highest BCUT2D eigenvalue weighted by Crippen LogP contribution is 2.24. The average molecular weight is 431 g/mol. The smallest absolute Gasteiger partial charge is 0.224 e. The number of allylic oxidation sites excluding steroid dienone is 4. The molecule has 1 aromatic heterocycles. The summed E-state index contributed by atoms with van der Waals surface area (Å²) in [4.78, 5) is 19.2. The van der Waals surface area contributed by atoms with Gasteiger partial charge in [-0.05, 0) is 43.1 Å². The molecule has 4 rings (SSSR count). The predicted octanol–water partition coefficient (Wildman–Crippen LogP) is 0.340. The molecule has 2 heterocycles. The topological polar surface area (TPSA) is 75.7 Å². The highest BCUT2D eigenvalue weighted by molar-refractivity contribution is 5.80. The van der Waals surface area contributed by atoms with Crippen LogP contribution in [0.3, 0.4) is 0 Å². The summed E-state index contributed by atoms with van der Waals surface area (Å²) in [7, 11) is 5.16. The van der Waals surface area contributed by atoms with Crippen LogP contribution in [-0.4, -0.2) is 58.3 Å². The van der Waals surface area contributed by atoms with E-state index < -0.39 is 0 Å². The van der Waals surface area contributed by atoms with Gasteiger partial charge in [0.15, 0.2) is 11.5 Å². The number of hydrogen-bond donors (Lipinski definition) is 2. The zero-order chi connectivity index (χ0) is 22.5. The first-order valence-corrected chi connectivity index (χ1v) is 10.6. The number of anilines is 1. The van der Waals surface area contributed by atoms with Gasteiger partial charge in [-0.1, -0.05) is 11.5 Å². The molecule has 0 spiro atoms. The minimum Gasteiger partial charge on any atom is -0.489 e. The number of methoxy groups -OCH3 is 1. The van der Waals surface area contributed by atoms with Gasteiger partial charge in [-0.3, -0.25) is 4.79 Å². The molecule has 0 saturated carbocycles. The summed E-state index contributed by atoms with van der Waals surface area (Å²) in [5, 5.41) is 7.40. The van der Waals surface area contributed by atoms with Crippen LogP contribution in [-0.2, 0) is 14.3 Å². The number of carbonyl (C=O) groups is 1. The van der Waals surface area contributed by atoms with Crippen molar-refractivity contribution in [1.82, 2.24) is 15.6 Å². The van der Waals surface area contributed by atoms with E-state index in [0.717, 1.165) is 47.0 Å². The van der Waals surface area contributed by atoms with Gasteiger partial charge in [0, 0.05) is 32.8 Å². The van der Waals surface area contributed by atoms with Gasteiger partial charge < -0.3 is 25.0 Å². The minimum absolute atomic E-state index is 0.0390. The standard InChI is InChI=1S/C25H26N4O3/c1-26-11-13-32-19-6-4-17(5-7-19)22-15-24(29-12-10-18(16-29)25(30)27-2)21-9-8-20(31-3)14-23(21)28-22/h4,6,14-15,18,26H,10-13,16H2,1-3H3,(H,27,30). The van der Waals surface area contributed by atoms with Crippen LogP contribution in [0, 0.1) is 5.92 Å². The molecule has 3 aliphatic rings. The third-order valence-corrected chi connectivity index (χ3v) is 5.58. The highest BCUT2D eigenvalue weighted by atomic mass is 16.5. The van der Waals surface area contributed by atoms with E-state index in [9.17, 15) is 4.79 Å². The average Bonchev–Trinajstić information content (AvgIpc) is 3.33. The first-order chi connectivity index (χ1) is 15.6. The summed E-state index contributed by atoms with van der Waals surface area (Å²) >= 11 is 0. The second-order valence-electron chi connectivity index (χ2n) is 7.61. The summed E-state index contributed by atoms with van der Waals surface area (Å²) in [5.41, 5.74) is 15.0. The lowest BCUT2D eigenvalue weighted by Crippen LogP contribution is -2.38. The summed E-state index contributed by atoms with van der Waals surface area (Å²) in [6, 6.07) is 2.02. The Bertz CT molecular complexity index is 1270. The number of pyridine rings is 1. The van der Waals surface area contributed by atoms with Crippen LogP contribution < -0.4 is 26.1 Å². The Morgan fingerprint density at radius 2 is 2.06 bits per heavy atom. The second kappa shape index (κ2) is 9.64. The van der Waals surface area contributed by atoms with Crippen molar-refractivity contribution in [1.29, 1.82) is 0 Å². The van der Waals surface area contributed by atoms with Crippen molar-refractivity contribution in [2.24, 2.45) is 5.92 Å². The van der Waals surface area contributed by atoms with Crippen LogP contribution >= 0.6 is 0 Å². The molecule has 1 saturated heterocycles. The molecule has 1 aliphatic heterocycles. The summed E-state index contributed by atoms with van der Waals surface area (Å²) in [5.74, 6) is 1.24. The molecule has 2 N–H and O–H groups in total. The number of likely N-dealkylation sites (N-methyl/N-ethyl adjacent to an activating group) is 1. The van der Waals surface area contributed by atoms with Gasteiger partial charge in [-0.25, -0.2) is 4.98 Å². The monoisotopic (exact) mass is 430 g/mol. The van der Waals surface area contributed by atoms with Gasteiger partial charge in [0.2, 0.25) is 5.91 Å². The minimum atomic E-state index is -0.0390. The van der Waals surface area contributed by atoms with Crippen molar-refractivity contribution in [3.05, 3.63) is 63.2 Å². The molecule has 1 fully saturated rings. The van der Waals surface area contributed by atoms with Crippen LogP contribution in [0.15, 0.2) is 46.9 Å². The van der Waals surface area contributed by atoms with E-state index in [1.54, 1.807) is 14.2 Å². The van der Waals surface area contributed by atoms with Crippen molar-refractivity contribution in [3.8, 4) is 0 Å². The fraction of sp³-hybridized carbons (Fsp3) is 0.360. The maximum Gasteiger partial charge on any atom is 0.224 e. The van der Waals surface area contributed by atoms with E-state index >= 15 is 0 Å². The molecule has 164 valence electrons. The lowest BCUT2D eigenvalue weighted by atomic mass is 10.1. The van der Waals surface area contributed by atoms with Crippen molar-refractivity contribution < 1.29 is 14.3 Å². The van der Waals surface area contributed by atoms with E-state index in [2.05, 4.69) is 38.5 Å². The van der Waals surface area contributed by atoms with Gasteiger partial charge in [-0.15, -0.1) is 0 Å². The van der Waals surface area contributed by atoms with E-state index in [0.29, 0.717) is 24.7 Å². The Labute approximate surface area is 187 Å². The van der Waals surface area contributed by atoms with E-state index in [4.69, 9.17) is 14.5 Å². The third kappa shape index (κ3) is 4.49. The van der Waals surface area contributed by atoms with Crippen LogP contribution in [0.4, 0.5) is 5.69 Å². The number of hydrogen-bond acceptors (Lipinski definition) is 6. The molecular formula is C25H26N4O3. The number of amides is 1. The molecule has 0 bridgehead atoms. The lowest BCUT2D eigenvalue weighted by molar-refractivity contribution is -0.123. The van der Waals surface area contributed by atoms with Crippen LogP contribution in [0.1, 0.15) is 12.1 Å². The van der Waals surface area contributed by atoms with Gasteiger partial charge in [-0.2, -0.15) is 0 Å². The lowest BCUT2D eigenvalue weighted by Gasteiger charge is -2.20. The number of aromatic nitrogens is 1. The number of carbonyl (C=O) groups excluding carboxylic acids is 1. The number of nitrogens with one attached hydrogen (secondary N) is 2. The maximum atomic E-state index is 12.1. The number of fused-ring (bicyclic) bond motifs is 1. The molecule has 0 aromatic carbocycles. The normalized spacial score (nSPS) is 18.2. The number of ether oxygens (including phenoxy) is 2. The van der Waals surface area contributed by atoms with Gasteiger partial charge >= 0.3 is 0 Å². The van der Waals surface area contributed by atoms with E-state index in [1.165, 1.54) is 0 Å². The fourth-order valence-electron chi connectivity index (χ4n) is 3.83. The largest absolute Gasteiger partial charge is 0.489 e. The van der Waals surface area contributed by atoms with Crippen molar-refractivity contribution in [2.75, 3.05) is 52.3 Å². The Balaban J connectivity index is 1.76. The molecule has 2 aliphatic carbocycles. The summed E-state index contributed by atoms with van der Waals surface area (Å²) < 4.78 is 11.0. The van der Waals surface area contributed by atoms with Crippen molar-refractivity contribution in [3.63, 3.8) is 0 Å². The molecule has 32 heavy (non-hydrogen) atoms. The van der Waals surface area contributed by atoms with Crippen molar-refractivity contribution >= 4 is 29.0 Å². The summed E-state index contributed by atoms with van der Waals surface area (Å²) in [6.45, 7) is 2.75. The van der Waals surface area contributed by atoms with Gasteiger partial charge in [0.1, 0.15) is 6.61 Å². The molecule has 7 nitrogen and oxygen atoms in total. The Morgan fingerprint density at radius 3 is 2.78 bits per heavy atom. The molecule has 0 radical (unpaired) electrons. The molecule has 1 unspecified atom stereocenters. The van der Waals surface area contributed by atoms with E-state index in [-0.39, 0.29) is 11.8 Å². The Morgan fingerprint density at radius 1 is 1.22 bits per heavy atom. The zero-order valence-corrected chi connectivity index (χ0v) is 18.5. The third-order valence-electron chi connectivity index (χ3n) is 5.58. The first kappa shape index (κ1) is 21.5. The molecule has 1 atom stereocenters. The SMILES string of the molecule is CNCCOC1=C=C=C(c2cc(N3CCC(C(=O)NC)C3)c3c(n2)=CC(OC)=C=C=3)C=C1. The molecule has 1 aromatic rings. The molecule has 1 amide bonds. The fourth-order valence-corrected chi connectivity index (χ4v) is 3.83. The Kier molecular flexibility index (Phi) is 6.49. The van der Waals surface area contributed by atoms with Crippen LogP contribution in [0.2, 0.25) is 0 Å². The number of rotatable bonds is 8. The molecular weight excluding hydrogens is 404 g/mol. The van der Waals surface area contributed by atoms with E-state index in [1.807, 2.05) is 31.3 Å². The maximum absolute atomic E-state index is 12.1. The highest BCUT2D eigenvalue weighted by Gasteiger charge is 2.29. The first-order valence-electron chi connectivity index (χ1n) is 10.6. The van der Waals surface area contributed by atoms with Crippen molar-refractivity contribution in [2.45, 2.75) is 6.42 Å². The zero-order valence-electron chi connectivity index (χ0n) is 18.5. The quantitative estimate of drug-likeness (QED) is 0.458. The van der Waals surface area contributed by atoms with Crippen LogP contribution in [0.5, 0.6) is 0 Å². The summed E-state index contributed by atoms with van der Waals surface area (Å²) in [6.07, 6.45) is 6.45.